The number of para-hydroxylation sites is 1. The number of carbonyl (C=O) groups excluding carboxylic acids is 2. The Morgan fingerprint density at radius 3 is 1.79 bits per heavy atom. The fraction of sp³-hybridized carbons (Fsp3) is 0.0909. The van der Waals surface area contributed by atoms with Gasteiger partial charge in [-0.3, -0.25) is 9.59 Å². The minimum atomic E-state index is -0.762. The molecule has 5 nitrogen and oxygen atoms in total. The largest absolute Gasteiger partial charge is 0.496 e. The first-order valence-electron chi connectivity index (χ1n) is 8.73. The Balaban J connectivity index is 1.91. The molecule has 0 atom stereocenters. The first kappa shape index (κ1) is 21.6. The van der Waals surface area contributed by atoms with Crippen LogP contribution in [0.1, 0.15) is 32.4 Å². The van der Waals surface area contributed by atoms with Gasteiger partial charge in [0, 0.05) is 23.8 Å². The Bertz CT molecular complexity index is 980. The van der Waals surface area contributed by atoms with Crippen LogP contribution >= 0.6 is 45.2 Å². The van der Waals surface area contributed by atoms with Crippen LogP contribution in [0.5, 0.6) is 5.75 Å². The molecule has 7 heteroatoms. The van der Waals surface area contributed by atoms with Crippen LogP contribution < -0.4 is 15.4 Å². The van der Waals surface area contributed by atoms with Crippen molar-refractivity contribution < 1.29 is 14.3 Å². The van der Waals surface area contributed by atoms with Gasteiger partial charge in [0.25, 0.3) is 11.8 Å². The van der Waals surface area contributed by atoms with Crippen LogP contribution in [0.25, 0.3) is 0 Å². The third kappa shape index (κ3) is 5.69. The number of ether oxygens (including phenoxy) is 1. The normalized spacial score (nSPS) is 10.5. The average molecular weight is 612 g/mol. The highest BCUT2D eigenvalue weighted by molar-refractivity contribution is 14.1. The summed E-state index contributed by atoms with van der Waals surface area (Å²) >= 11 is 4.31. The molecule has 3 aromatic rings. The van der Waals surface area contributed by atoms with Crippen molar-refractivity contribution >= 4 is 57.0 Å². The summed E-state index contributed by atoms with van der Waals surface area (Å²) < 4.78 is 7.34. The second-order valence-corrected chi connectivity index (χ2v) is 8.63. The molecule has 2 N–H and O–H groups in total. The van der Waals surface area contributed by atoms with Gasteiger partial charge in [0.05, 0.1) is 7.11 Å². The molecule has 0 aromatic heterocycles. The quantitative estimate of drug-likeness (QED) is 0.312. The zero-order chi connectivity index (χ0) is 20.8. The van der Waals surface area contributed by atoms with Gasteiger partial charge >= 0.3 is 0 Å². The van der Waals surface area contributed by atoms with Gasteiger partial charge in [-0.05, 0) is 87.6 Å². The molecular weight excluding hydrogens is 594 g/mol. The summed E-state index contributed by atoms with van der Waals surface area (Å²) in [6, 6.07) is 21.8. The van der Waals surface area contributed by atoms with Gasteiger partial charge in [-0.25, -0.2) is 0 Å². The SMILES string of the molecule is COc1ccccc1C(NC(=O)c1cccc(I)c1)NC(=O)c1cccc(I)c1. The molecule has 0 bridgehead atoms. The Morgan fingerprint density at radius 2 is 1.31 bits per heavy atom. The van der Waals surface area contributed by atoms with Crippen LogP contribution in [0.4, 0.5) is 0 Å². The Kier molecular flexibility index (Phi) is 7.48. The molecule has 0 aliphatic heterocycles. The average Bonchev–Trinajstić information content (AvgIpc) is 2.73. The lowest BCUT2D eigenvalue weighted by Crippen LogP contribution is -2.41. The van der Waals surface area contributed by atoms with Crippen LogP contribution in [0.2, 0.25) is 0 Å². The van der Waals surface area contributed by atoms with Gasteiger partial charge in [-0.15, -0.1) is 0 Å². The molecule has 0 saturated carbocycles. The number of hydrogen-bond acceptors (Lipinski definition) is 3. The van der Waals surface area contributed by atoms with E-state index >= 15 is 0 Å². The summed E-state index contributed by atoms with van der Waals surface area (Å²) in [5, 5.41) is 5.82. The predicted molar refractivity (Wildman–Crippen MR) is 129 cm³/mol. The summed E-state index contributed by atoms with van der Waals surface area (Å²) in [6.07, 6.45) is -0.762. The summed E-state index contributed by atoms with van der Waals surface area (Å²) in [5.41, 5.74) is 1.69. The minimum absolute atomic E-state index is 0.289. The van der Waals surface area contributed by atoms with E-state index < -0.39 is 6.17 Å². The highest BCUT2D eigenvalue weighted by Gasteiger charge is 2.22. The molecule has 0 heterocycles. The molecule has 0 saturated heterocycles. The maximum absolute atomic E-state index is 12.8. The molecule has 0 unspecified atom stereocenters. The fourth-order valence-electron chi connectivity index (χ4n) is 2.78. The van der Waals surface area contributed by atoms with E-state index in [0.29, 0.717) is 22.4 Å². The maximum Gasteiger partial charge on any atom is 0.253 e. The summed E-state index contributed by atoms with van der Waals surface area (Å²) in [6.45, 7) is 0. The van der Waals surface area contributed by atoms with Crippen LogP contribution in [0.15, 0.2) is 72.8 Å². The number of hydrogen-bond donors (Lipinski definition) is 2. The van der Waals surface area contributed by atoms with Crippen LogP contribution in [0, 0.1) is 7.14 Å². The van der Waals surface area contributed by atoms with Gasteiger partial charge in [0.2, 0.25) is 0 Å². The highest BCUT2D eigenvalue weighted by atomic mass is 127. The third-order valence-corrected chi connectivity index (χ3v) is 5.52. The van der Waals surface area contributed by atoms with Gasteiger partial charge in [-0.1, -0.05) is 30.3 Å². The van der Waals surface area contributed by atoms with Crippen molar-refractivity contribution in [2.45, 2.75) is 6.17 Å². The molecule has 2 amide bonds. The van der Waals surface area contributed by atoms with Crippen molar-refractivity contribution in [1.29, 1.82) is 0 Å². The van der Waals surface area contributed by atoms with Crippen molar-refractivity contribution in [3.63, 3.8) is 0 Å². The van der Waals surface area contributed by atoms with Gasteiger partial charge < -0.3 is 15.4 Å². The molecule has 148 valence electrons. The van der Waals surface area contributed by atoms with Crippen LogP contribution in [-0.2, 0) is 0 Å². The first-order chi connectivity index (χ1) is 14.0. The van der Waals surface area contributed by atoms with E-state index in [-0.39, 0.29) is 11.8 Å². The number of carbonyl (C=O) groups is 2. The number of rotatable bonds is 6. The monoisotopic (exact) mass is 612 g/mol. The van der Waals surface area contributed by atoms with Gasteiger partial charge in [0.1, 0.15) is 11.9 Å². The fourth-order valence-corrected chi connectivity index (χ4v) is 3.87. The first-order valence-corrected chi connectivity index (χ1v) is 10.9. The second kappa shape index (κ2) is 10.1. The van der Waals surface area contributed by atoms with E-state index in [1.54, 1.807) is 37.4 Å². The maximum atomic E-state index is 12.8. The zero-order valence-corrected chi connectivity index (χ0v) is 19.8. The topological polar surface area (TPSA) is 67.4 Å². The van der Waals surface area contributed by atoms with Crippen molar-refractivity contribution in [1.82, 2.24) is 10.6 Å². The van der Waals surface area contributed by atoms with Crippen molar-refractivity contribution in [2.24, 2.45) is 0 Å². The molecular formula is C22H18I2N2O3. The standard InChI is InChI=1S/C22H18I2N2O3/c1-29-19-11-3-2-10-18(19)20(25-21(27)14-6-4-8-16(23)12-14)26-22(28)15-7-5-9-17(24)13-15/h2-13,20H,1H3,(H,25,27)(H,26,28). The number of methoxy groups -OCH3 is 1. The lowest BCUT2D eigenvalue weighted by atomic mass is 10.1. The lowest BCUT2D eigenvalue weighted by Gasteiger charge is -2.23. The Morgan fingerprint density at radius 1 is 0.793 bits per heavy atom. The minimum Gasteiger partial charge on any atom is -0.496 e. The zero-order valence-electron chi connectivity index (χ0n) is 15.5. The van der Waals surface area contributed by atoms with Crippen molar-refractivity contribution in [3.8, 4) is 5.75 Å². The van der Waals surface area contributed by atoms with Crippen molar-refractivity contribution in [3.05, 3.63) is 96.6 Å². The molecule has 0 fully saturated rings. The molecule has 0 aliphatic rings. The number of benzene rings is 3. The second-order valence-electron chi connectivity index (χ2n) is 6.14. The molecule has 0 radical (unpaired) electrons. The summed E-state index contributed by atoms with van der Waals surface area (Å²) in [5.74, 6) is -0.00638. The third-order valence-electron chi connectivity index (χ3n) is 4.17. The van der Waals surface area contributed by atoms with E-state index in [1.165, 1.54) is 0 Å². The Hall–Kier alpha value is -2.14. The Labute approximate surface area is 196 Å². The van der Waals surface area contributed by atoms with E-state index in [9.17, 15) is 9.59 Å². The van der Waals surface area contributed by atoms with E-state index in [0.717, 1.165) is 7.14 Å². The number of halogens is 2. The molecule has 3 aromatic carbocycles. The van der Waals surface area contributed by atoms with Crippen LogP contribution in [-0.4, -0.2) is 18.9 Å². The number of amides is 2. The van der Waals surface area contributed by atoms with Crippen molar-refractivity contribution in [2.75, 3.05) is 7.11 Å². The molecule has 29 heavy (non-hydrogen) atoms. The summed E-state index contributed by atoms with van der Waals surface area (Å²) in [7, 11) is 1.55. The van der Waals surface area contributed by atoms with E-state index in [2.05, 4.69) is 55.8 Å². The lowest BCUT2D eigenvalue weighted by molar-refractivity contribution is 0.0882. The van der Waals surface area contributed by atoms with E-state index in [1.807, 2.05) is 42.5 Å². The molecule has 3 rings (SSSR count). The highest BCUT2D eigenvalue weighted by Crippen LogP contribution is 2.24. The van der Waals surface area contributed by atoms with E-state index in [4.69, 9.17) is 4.74 Å². The molecule has 0 aliphatic carbocycles. The van der Waals surface area contributed by atoms with Gasteiger partial charge in [-0.2, -0.15) is 0 Å². The molecule has 0 spiro atoms. The smallest absolute Gasteiger partial charge is 0.253 e. The van der Waals surface area contributed by atoms with Gasteiger partial charge in [0.15, 0.2) is 0 Å². The summed E-state index contributed by atoms with van der Waals surface area (Å²) in [4.78, 5) is 25.7. The van der Waals surface area contributed by atoms with Crippen LogP contribution in [0.3, 0.4) is 0 Å². The number of nitrogens with one attached hydrogen (secondary N) is 2. The predicted octanol–water partition coefficient (Wildman–Crippen LogP) is 4.76.